The first kappa shape index (κ1) is 22.6. The highest BCUT2D eigenvalue weighted by molar-refractivity contribution is 6.15. The maximum atomic E-state index is 13.1. The number of nitrogens with one attached hydrogen (secondary N) is 1. The second kappa shape index (κ2) is 9.21. The van der Waals surface area contributed by atoms with E-state index in [4.69, 9.17) is 0 Å². The maximum absolute atomic E-state index is 13.1. The Morgan fingerprint density at radius 1 is 1.14 bits per heavy atom. The van der Waals surface area contributed by atoms with Crippen LogP contribution < -0.4 is 5.32 Å². The molecule has 0 saturated heterocycles. The van der Waals surface area contributed by atoms with E-state index in [1.54, 1.807) is 54.6 Å². The van der Waals surface area contributed by atoms with Gasteiger partial charge in [0.1, 0.15) is 11.6 Å². The molecule has 1 atom stereocenters. The minimum atomic E-state index is -0.602. The SMILES string of the molecule is CN(Cc1ccc(F)cc1)C(=O)c1ccc(NC2=NCC34CC(=O)CC=NC3=CC=CC4=N2)cc1. The van der Waals surface area contributed by atoms with Crippen LogP contribution in [0.25, 0.3) is 0 Å². The van der Waals surface area contributed by atoms with Crippen molar-refractivity contribution >= 4 is 35.3 Å². The van der Waals surface area contributed by atoms with Crippen LogP contribution in [0.1, 0.15) is 28.8 Å². The lowest BCUT2D eigenvalue weighted by Gasteiger charge is -2.35. The van der Waals surface area contributed by atoms with Crippen LogP contribution in [-0.2, 0) is 11.3 Å². The molecule has 1 aliphatic carbocycles. The summed E-state index contributed by atoms with van der Waals surface area (Å²) in [6.07, 6.45) is 8.05. The van der Waals surface area contributed by atoms with E-state index in [2.05, 4.69) is 20.3 Å². The Kier molecular flexibility index (Phi) is 5.94. The maximum Gasteiger partial charge on any atom is 0.253 e. The van der Waals surface area contributed by atoms with E-state index in [-0.39, 0.29) is 17.5 Å². The van der Waals surface area contributed by atoms with Crippen LogP contribution in [0, 0.1) is 11.2 Å². The summed E-state index contributed by atoms with van der Waals surface area (Å²) in [5.74, 6) is 0.130. The first-order valence-corrected chi connectivity index (χ1v) is 11.4. The van der Waals surface area contributed by atoms with E-state index in [9.17, 15) is 14.0 Å². The van der Waals surface area contributed by atoms with Crippen LogP contribution in [0.2, 0.25) is 0 Å². The van der Waals surface area contributed by atoms with Crippen LogP contribution in [0.3, 0.4) is 0 Å². The summed E-state index contributed by atoms with van der Waals surface area (Å²) in [6, 6.07) is 13.2. The zero-order chi connectivity index (χ0) is 24.4. The van der Waals surface area contributed by atoms with Crippen molar-refractivity contribution in [1.29, 1.82) is 0 Å². The molecule has 3 aliphatic rings. The molecular formula is C27H24FN5O2. The predicted molar refractivity (Wildman–Crippen MR) is 134 cm³/mol. The summed E-state index contributed by atoms with van der Waals surface area (Å²) in [6.45, 7) is 0.768. The third-order valence-electron chi connectivity index (χ3n) is 6.33. The van der Waals surface area contributed by atoms with Crippen molar-refractivity contribution in [2.75, 3.05) is 18.9 Å². The number of allylic oxidation sites excluding steroid dienone is 3. The van der Waals surface area contributed by atoms with Gasteiger partial charge in [-0.3, -0.25) is 14.6 Å². The second-order valence-electron chi connectivity index (χ2n) is 8.85. The Morgan fingerprint density at radius 2 is 1.91 bits per heavy atom. The highest BCUT2D eigenvalue weighted by Crippen LogP contribution is 2.41. The van der Waals surface area contributed by atoms with Crippen LogP contribution in [0.5, 0.6) is 0 Å². The quantitative estimate of drug-likeness (QED) is 0.728. The molecule has 5 rings (SSSR count). The van der Waals surface area contributed by atoms with Crippen molar-refractivity contribution < 1.29 is 14.0 Å². The van der Waals surface area contributed by atoms with Gasteiger partial charge in [-0.15, -0.1) is 0 Å². The molecule has 1 N–H and O–H groups in total. The monoisotopic (exact) mass is 469 g/mol. The fourth-order valence-electron chi connectivity index (χ4n) is 4.45. The zero-order valence-electron chi connectivity index (χ0n) is 19.2. The van der Waals surface area contributed by atoms with E-state index < -0.39 is 5.41 Å². The summed E-state index contributed by atoms with van der Waals surface area (Å²) in [7, 11) is 1.71. The molecule has 2 heterocycles. The number of hydrogen-bond acceptors (Lipinski definition) is 6. The number of nitrogens with zero attached hydrogens (tertiary/aromatic N) is 4. The smallest absolute Gasteiger partial charge is 0.253 e. The third-order valence-corrected chi connectivity index (χ3v) is 6.33. The first-order chi connectivity index (χ1) is 16.9. The molecule has 0 bridgehead atoms. The van der Waals surface area contributed by atoms with Crippen molar-refractivity contribution in [3.63, 3.8) is 0 Å². The topological polar surface area (TPSA) is 86.5 Å². The van der Waals surface area contributed by atoms with Gasteiger partial charge >= 0.3 is 0 Å². The van der Waals surface area contributed by atoms with Gasteiger partial charge in [0.25, 0.3) is 5.91 Å². The largest absolute Gasteiger partial charge is 0.337 e. The summed E-state index contributed by atoms with van der Waals surface area (Å²) < 4.78 is 13.1. The van der Waals surface area contributed by atoms with Crippen molar-refractivity contribution in [2.45, 2.75) is 19.4 Å². The van der Waals surface area contributed by atoms with Crippen LogP contribution in [0.4, 0.5) is 10.1 Å². The number of ketones is 1. The minimum Gasteiger partial charge on any atom is -0.337 e. The normalized spacial score (nSPS) is 20.6. The lowest BCUT2D eigenvalue weighted by atomic mass is 9.72. The molecule has 1 unspecified atom stereocenters. The summed E-state index contributed by atoms with van der Waals surface area (Å²) in [5.41, 5.74) is 3.12. The molecule has 1 amide bonds. The fourth-order valence-corrected chi connectivity index (χ4v) is 4.45. The third kappa shape index (κ3) is 4.59. The average Bonchev–Trinajstić information content (AvgIpc) is 3.02. The summed E-state index contributed by atoms with van der Waals surface area (Å²) >= 11 is 0. The van der Waals surface area contributed by atoms with Crippen molar-refractivity contribution in [2.24, 2.45) is 20.4 Å². The molecule has 2 aliphatic heterocycles. The number of aliphatic imine (C=N–C) groups is 3. The predicted octanol–water partition coefficient (Wildman–Crippen LogP) is 4.19. The van der Waals surface area contributed by atoms with E-state index in [0.29, 0.717) is 37.5 Å². The number of Topliss-reactive ketones (excluding diaryl/α,β-unsaturated/α-hetero) is 1. The molecule has 2 aromatic carbocycles. The van der Waals surface area contributed by atoms with Gasteiger partial charge in [-0.25, -0.2) is 14.4 Å². The van der Waals surface area contributed by atoms with Gasteiger partial charge in [0.05, 0.1) is 23.4 Å². The van der Waals surface area contributed by atoms with Crippen LogP contribution in [0.15, 0.2) is 87.4 Å². The molecular weight excluding hydrogens is 445 g/mol. The second-order valence-corrected chi connectivity index (χ2v) is 8.85. The van der Waals surface area contributed by atoms with E-state index in [1.165, 1.54) is 12.1 Å². The zero-order valence-corrected chi connectivity index (χ0v) is 19.2. The minimum absolute atomic E-state index is 0.122. The number of carbonyl (C=O) groups is 2. The molecule has 35 heavy (non-hydrogen) atoms. The molecule has 1 spiro atoms. The number of carbonyl (C=O) groups excluding carboxylic acids is 2. The van der Waals surface area contributed by atoms with Gasteiger partial charge in [0.15, 0.2) is 0 Å². The van der Waals surface area contributed by atoms with Gasteiger partial charge in [0, 0.05) is 43.9 Å². The number of anilines is 1. The Morgan fingerprint density at radius 3 is 2.69 bits per heavy atom. The van der Waals surface area contributed by atoms with Crippen molar-refractivity contribution in [1.82, 2.24) is 4.90 Å². The molecule has 0 aromatic heterocycles. The Labute approximate surface area is 202 Å². The van der Waals surface area contributed by atoms with Crippen LogP contribution in [-0.4, -0.2) is 48.1 Å². The molecule has 7 nitrogen and oxygen atoms in total. The number of hydrogen-bond donors (Lipinski definition) is 1. The Bertz CT molecular complexity index is 1320. The number of rotatable bonds is 4. The Hall–Kier alpha value is -4.20. The molecule has 176 valence electrons. The van der Waals surface area contributed by atoms with Crippen molar-refractivity contribution in [3.8, 4) is 0 Å². The summed E-state index contributed by atoms with van der Waals surface area (Å²) in [4.78, 5) is 40.5. The number of guanidine groups is 1. The van der Waals surface area contributed by atoms with E-state index in [0.717, 1.165) is 22.7 Å². The molecule has 2 aromatic rings. The lowest BCUT2D eigenvalue weighted by molar-refractivity contribution is -0.118. The lowest BCUT2D eigenvalue weighted by Crippen LogP contribution is -2.41. The highest BCUT2D eigenvalue weighted by atomic mass is 19.1. The first-order valence-electron chi connectivity index (χ1n) is 11.4. The van der Waals surface area contributed by atoms with Crippen molar-refractivity contribution in [3.05, 3.63) is 89.4 Å². The number of amides is 1. The molecule has 0 saturated carbocycles. The highest BCUT2D eigenvalue weighted by Gasteiger charge is 2.44. The van der Waals surface area contributed by atoms with Gasteiger partial charge < -0.3 is 10.2 Å². The summed E-state index contributed by atoms with van der Waals surface area (Å²) in [5, 5.41) is 3.20. The Balaban J connectivity index is 1.26. The average molecular weight is 470 g/mol. The standard InChI is InChI=1S/C27H24FN5O2/c1-33(16-18-5-9-20(28)10-6-18)25(35)19-7-11-21(12-8-19)31-26-30-17-27-15-22(34)13-14-29-23(27)3-2-4-24(27)32-26/h2-12,14H,13,15-17H2,1H3,(H,30,31). The van der Waals surface area contributed by atoms with Gasteiger partial charge in [-0.2, -0.15) is 0 Å². The van der Waals surface area contributed by atoms with Crippen LogP contribution >= 0.6 is 0 Å². The van der Waals surface area contributed by atoms with Gasteiger partial charge in [-0.1, -0.05) is 18.2 Å². The van der Waals surface area contributed by atoms with E-state index >= 15 is 0 Å². The molecule has 0 fully saturated rings. The molecule has 8 heteroatoms. The van der Waals surface area contributed by atoms with E-state index in [1.807, 2.05) is 18.2 Å². The molecule has 0 radical (unpaired) electrons. The van der Waals surface area contributed by atoms with Gasteiger partial charge in [0.2, 0.25) is 5.96 Å². The number of halogens is 1. The van der Waals surface area contributed by atoms with Gasteiger partial charge in [-0.05, 0) is 54.1 Å². The number of benzene rings is 2. The fraction of sp³-hybridized carbons (Fsp3) is 0.222.